The number of ether oxygens (including phenoxy) is 1. The van der Waals surface area contributed by atoms with Crippen LogP contribution < -0.4 is 4.74 Å². The van der Waals surface area contributed by atoms with Gasteiger partial charge in [-0.2, -0.15) is 0 Å². The number of fused-ring (bicyclic) bond motifs is 2. The topological polar surface area (TPSA) is 9.23 Å². The fourth-order valence-electron chi connectivity index (χ4n) is 1.38. The fourth-order valence-corrected chi connectivity index (χ4v) is 7.46. The molecular weight excluding hydrogens is 252 g/mol. The van der Waals surface area contributed by atoms with Crippen molar-refractivity contribution in [1.29, 1.82) is 0 Å². The summed E-state index contributed by atoms with van der Waals surface area (Å²) in [4.78, 5) is 1.36. The Bertz CT molecular complexity index is 398. The maximum absolute atomic E-state index is 5.82. The molecular formula is C9H6OS4. The number of benzene rings is 1. The summed E-state index contributed by atoms with van der Waals surface area (Å²) in [5.41, 5.74) is 1.30. The van der Waals surface area contributed by atoms with E-state index in [4.69, 9.17) is 4.74 Å². The first-order chi connectivity index (χ1) is 6.93. The summed E-state index contributed by atoms with van der Waals surface area (Å²) in [6.45, 7) is 0. The van der Waals surface area contributed by atoms with Crippen molar-refractivity contribution in [2.75, 3.05) is 0 Å². The smallest absolute Gasteiger partial charge is 0.205 e. The van der Waals surface area contributed by atoms with Crippen molar-refractivity contribution in [3.63, 3.8) is 0 Å². The molecule has 1 aromatic heterocycles. The summed E-state index contributed by atoms with van der Waals surface area (Å²) in [6, 6.07) is 8.26. The molecule has 5 heteroatoms. The predicted octanol–water partition coefficient (Wildman–Crippen LogP) is 4.75. The largest absolute Gasteiger partial charge is 0.444 e. The van der Waals surface area contributed by atoms with Crippen molar-refractivity contribution in [2.45, 2.75) is 6.42 Å². The van der Waals surface area contributed by atoms with Gasteiger partial charge < -0.3 is 4.74 Å². The standard InChI is InChI=1S/C9H6OS4/c1-2-4-7-6(3-1)5-8-9(10-7)12-14-13-11-8/h1-4H,5H2. The quantitative estimate of drug-likeness (QED) is 0.529. The van der Waals surface area contributed by atoms with E-state index >= 15 is 0 Å². The summed E-state index contributed by atoms with van der Waals surface area (Å²) in [6.07, 6.45) is 1.02. The Kier molecular flexibility index (Phi) is 2.33. The highest BCUT2D eigenvalue weighted by molar-refractivity contribution is 8.07. The third-order valence-electron chi connectivity index (χ3n) is 2.03. The summed E-state index contributed by atoms with van der Waals surface area (Å²) >= 11 is 0. The van der Waals surface area contributed by atoms with Crippen molar-refractivity contribution >= 4 is 39.4 Å². The first kappa shape index (κ1) is 8.91. The average molecular weight is 258 g/mol. The van der Waals surface area contributed by atoms with E-state index in [0.717, 1.165) is 17.2 Å². The molecule has 0 spiro atoms. The summed E-state index contributed by atoms with van der Waals surface area (Å²) in [5.74, 6) is 1.02. The van der Waals surface area contributed by atoms with Crippen molar-refractivity contribution in [1.82, 2.24) is 0 Å². The van der Waals surface area contributed by atoms with Gasteiger partial charge in [0.25, 0.3) is 0 Å². The summed E-state index contributed by atoms with van der Waals surface area (Å²) in [7, 11) is 7.13. The molecule has 0 N–H and O–H groups in total. The monoisotopic (exact) mass is 258 g/mol. The molecule has 0 amide bonds. The molecule has 72 valence electrons. The molecule has 3 rings (SSSR count). The van der Waals surface area contributed by atoms with Crippen LogP contribution in [0, 0.1) is 0 Å². The van der Waals surface area contributed by atoms with Crippen LogP contribution in [0.3, 0.4) is 0 Å². The highest BCUT2D eigenvalue weighted by Gasteiger charge is 2.17. The molecule has 0 bridgehead atoms. The molecule has 0 radical (unpaired) electrons. The van der Waals surface area contributed by atoms with Crippen LogP contribution in [0.4, 0.5) is 0 Å². The van der Waals surface area contributed by atoms with Crippen LogP contribution in [0.15, 0.2) is 24.3 Å². The molecule has 1 aliphatic rings. The Balaban J connectivity index is 2.12. The van der Waals surface area contributed by atoms with E-state index in [1.54, 1.807) is 19.7 Å². The van der Waals surface area contributed by atoms with Gasteiger partial charge in [0, 0.05) is 12.0 Å². The lowest BCUT2D eigenvalue weighted by atomic mass is 10.1. The van der Waals surface area contributed by atoms with Crippen LogP contribution in [0.2, 0.25) is 0 Å². The number of rotatable bonds is 0. The molecule has 0 saturated carbocycles. The number of hydrogen-bond acceptors (Lipinski definition) is 5. The van der Waals surface area contributed by atoms with Crippen molar-refractivity contribution < 1.29 is 4.74 Å². The van der Waals surface area contributed by atoms with Crippen LogP contribution >= 0.6 is 39.4 Å². The molecule has 0 unspecified atom stereocenters. The lowest BCUT2D eigenvalue weighted by molar-refractivity contribution is 0.476. The van der Waals surface area contributed by atoms with Crippen molar-refractivity contribution in [3.05, 3.63) is 34.7 Å². The van der Waals surface area contributed by atoms with Crippen LogP contribution in [-0.2, 0) is 6.42 Å². The second-order valence-corrected chi connectivity index (χ2v) is 8.64. The molecule has 1 aliphatic heterocycles. The van der Waals surface area contributed by atoms with Crippen LogP contribution in [-0.4, -0.2) is 0 Å². The molecule has 14 heavy (non-hydrogen) atoms. The average Bonchev–Trinajstić information content (AvgIpc) is 2.26. The summed E-state index contributed by atoms with van der Waals surface area (Å²) < 4.78 is 5.82. The molecule has 0 aliphatic carbocycles. The van der Waals surface area contributed by atoms with Gasteiger partial charge in [0.2, 0.25) is 5.06 Å². The second-order valence-electron chi connectivity index (χ2n) is 2.90. The van der Waals surface area contributed by atoms with Gasteiger partial charge in [-0.25, -0.2) is 0 Å². The third kappa shape index (κ3) is 1.50. The maximum atomic E-state index is 5.82. The van der Waals surface area contributed by atoms with Crippen molar-refractivity contribution in [2.24, 2.45) is 0 Å². The number of para-hydroxylation sites is 1. The Morgan fingerprint density at radius 1 is 1.07 bits per heavy atom. The highest BCUT2D eigenvalue weighted by Crippen LogP contribution is 2.43. The van der Waals surface area contributed by atoms with Gasteiger partial charge >= 0.3 is 0 Å². The van der Waals surface area contributed by atoms with E-state index in [1.165, 1.54) is 10.4 Å². The molecule has 0 atom stereocenters. The van der Waals surface area contributed by atoms with E-state index in [-0.39, 0.29) is 0 Å². The van der Waals surface area contributed by atoms with Crippen molar-refractivity contribution in [3.8, 4) is 10.8 Å². The van der Waals surface area contributed by atoms with Crippen LogP contribution in [0.1, 0.15) is 10.4 Å². The van der Waals surface area contributed by atoms with Gasteiger partial charge in [0.15, 0.2) is 0 Å². The zero-order valence-corrected chi connectivity index (χ0v) is 10.3. The minimum atomic E-state index is 1.02. The maximum Gasteiger partial charge on any atom is 0.205 e. The Morgan fingerprint density at radius 2 is 1.93 bits per heavy atom. The van der Waals surface area contributed by atoms with Gasteiger partial charge in [-0.15, -0.1) is 0 Å². The van der Waals surface area contributed by atoms with Crippen LogP contribution in [0.25, 0.3) is 0 Å². The zero-order valence-electron chi connectivity index (χ0n) is 7.06. The second kappa shape index (κ2) is 3.66. The minimum Gasteiger partial charge on any atom is -0.444 e. The van der Waals surface area contributed by atoms with Gasteiger partial charge in [0.1, 0.15) is 5.75 Å². The van der Waals surface area contributed by atoms with Gasteiger partial charge in [-0.3, -0.25) is 0 Å². The molecule has 2 aromatic rings. The molecule has 1 nitrogen and oxygen atoms in total. The van der Waals surface area contributed by atoms with Gasteiger partial charge in [-0.05, 0) is 35.1 Å². The van der Waals surface area contributed by atoms with E-state index < -0.39 is 0 Å². The molecule has 0 saturated heterocycles. The molecule has 1 aromatic carbocycles. The lowest BCUT2D eigenvalue weighted by Gasteiger charge is -2.17. The zero-order chi connectivity index (χ0) is 9.38. The van der Waals surface area contributed by atoms with E-state index in [0.29, 0.717) is 0 Å². The Labute approximate surface area is 95.7 Å². The highest BCUT2D eigenvalue weighted by atomic mass is 33.4. The fraction of sp³-hybridized carbons (Fsp3) is 0.111. The normalized spacial score (nSPS) is 12.6. The van der Waals surface area contributed by atoms with E-state index in [9.17, 15) is 0 Å². The lowest BCUT2D eigenvalue weighted by Crippen LogP contribution is -1.99. The minimum absolute atomic E-state index is 1.02. The Morgan fingerprint density at radius 3 is 2.93 bits per heavy atom. The van der Waals surface area contributed by atoms with E-state index in [1.807, 2.05) is 31.8 Å². The van der Waals surface area contributed by atoms with Gasteiger partial charge in [0.05, 0.1) is 4.88 Å². The Hall–Kier alpha value is -0.360. The summed E-state index contributed by atoms with van der Waals surface area (Å²) in [5, 5.41) is 1.08. The molecule has 0 fully saturated rings. The van der Waals surface area contributed by atoms with Crippen LogP contribution in [0.5, 0.6) is 10.8 Å². The third-order valence-corrected chi connectivity index (χ3v) is 8.22. The van der Waals surface area contributed by atoms with E-state index in [2.05, 4.69) is 12.1 Å². The first-order valence-electron chi connectivity index (χ1n) is 4.10. The first-order valence-corrected chi connectivity index (χ1v) is 8.92. The predicted molar refractivity (Wildman–Crippen MR) is 64.9 cm³/mol. The van der Waals surface area contributed by atoms with Gasteiger partial charge in [-0.1, -0.05) is 28.5 Å². The molecule has 2 heterocycles. The SMILES string of the molecule is c1ccc2c(c1)Cc1ssssc1O2. The number of hydrogen-bond donors (Lipinski definition) is 0.